The van der Waals surface area contributed by atoms with Gasteiger partial charge in [-0.25, -0.2) is 0 Å². The second-order valence-corrected chi connectivity index (χ2v) is 9.23. The van der Waals surface area contributed by atoms with Crippen molar-refractivity contribution in [2.75, 3.05) is 24.0 Å². The molecule has 0 aromatic heterocycles. The normalized spacial score (nSPS) is 10.7. The van der Waals surface area contributed by atoms with Crippen LogP contribution in [-0.2, 0) is 13.2 Å². The molecular formula is C34H32N2O4. The first kappa shape index (κ1) is 26.8. The van der Waals surface area contributed by atoms with Crippen LogP contribution >= 0.6 is 0 Å². The first-order valence-corrected chi connectivity index (χ1v) is 13.0. The Kier molecular flexibility index (Phi) is 8.30. The Balaban J connectivity index is 1.56. The van der Waals surface area contributed by atoms with Gasteiger partial charge in [-0.3, -0.25) is 0 Å². The summed E-state index contributed by atoms with van der Waals surface area (Å²) in [6.07, 6.45) is 0. The average molecular weight is 533 g/mol. The molecule has 202 valence electrons. The molecular weight excluding hydrogens is 500 g/mol. The van der Waals surface area contributed by atoms with Crippen molar-refractivity contribution < 1.29 is 19.7 Å². The predicted molar refractivity (Wildman–Crippen MR) is 161 cm³/mol. The highest BCUT2D eigenvalue weighted by molar-refractivity contribution is 5.81. The third-order valence-electron chi connectivity index (χ3n) is 6.78. The lowest BCUT2D eigenvalue weighted by atomic mass is 10.1. The maximum absolute atomic E-state index is 9.53. The Hall–Kier alpha value is -4.78. The maximum atomic E-state index is 9.53. The van der Waals surface area contributed by atoms with Gasteiger partial charge in [-0.05, 0) is 108 Å². The van der Waals surface area contributed by atoms with E-state index in [0.717, 1.165) is 56.8 Å². The molecule has 0 aliphatic rings. The van der Waals surface area contributed by atoms with Gasteiger partial charge in [-0.15, -0.1) is 0 Å². The molecule has 6 heteroatoms. The standard InChI is InChI=1S/C34H32N2O4/c1-39-33-19-15-31(16-20-33)36(32-17-21-34(40-2)22-18-32)30-13-11-29(12-14-30)35(27-7-3-25(23-37)4-8-27)28-9-5-26(24-38)6-10-28/h3-22,37-38H,23-24H2,1-2H3. The lowest BCUT2D eigenvalue weighted by Gasteiger charge is -2.28. The van der Waals surface area contributed by atoms with E-state index >= 15 is 0 Å². The maximum Gasteiger partial charge on any atom is 0.119 e. The van der Waals surface area contributed by atoms with Crippen molar-refractivity contribution in [1.29, 1.82) is 0 Å². The predicted octanol–water partition coefficient (Wildman–Crippen LogP) is 7.63. The van der Waals surface area contributed by atoms with E-state index in [1.54, 1.807) is 14.2 Å². The van der Waals surface area contributed by atoms with E-state index in [1.165, 1.54) is 0 Å². The van der Waals surface area contributed by atoms with Gasteiger partial charge in [0, 0.05) is 34.1 Å². The van der Waals surface area contributed by atoms with Crippen LogP contribution in [0.5, 0.6) is 11.5 Å². The first-order chi connectivity index (χ1) is 19.6. The first-order valence-electron chi connectivity index (χ1n) is 13.0. The Morgan fingerprint density at radius 3 is 0.850 bits per heavy atom. The molecule has 0 spiro atoms. The molecule has 40 heavy (non-hydrogen) atoms. The Labute approximate surface area is 234 Å². The molecule has 0 unspecified atom stereocenters. The number of rotatable bonds is 10. The molecule has 0 atom stereocenters. The minimum absolute atomic E-state index is 0.00721. The third kappa shape index (κ3) is 5.78. The highest BCUT2D eigenvalue weighted by Gasteiger charge is 2.16. The number of anilines is 6. The fourth-order valence-electron chi connectivity index (χ4n) is 4.61. The summed E-state index contributed by atoms with van der Waals surface area (Å²) < 4.78 is 10.8. The number of aliphatic hydroxyl groups is 2. The number of hydrogen-bond acceptors (Lipinski definition) is 6. The zero-order chi connectivity index (χ0) is 27.9. The molecule has 0 bridgehead atoms. The fraction of sp³-hybridized carbons (Fsp3) is 0.118. The summed E-state index contributed by atoms with van der Waals surface area (Å²) in [6, 6.07) is 40.0. The summed E-state index contributed by atoms with van der Waals surface area (Å²) in [5.41, 5.74) is 7.58. The molecule has 2 N–H and O–H groups in total. The summed E-state index contributed by atoms with van der Waals surface area (Å²) in [7, 11) is 3.32. The van der Waals surface area contributed by atoms with E-state index in [-0.39, 0.29) is 13.2 Å². The van der Waals surface area contributed by atoms with Gasteiger partial charge in [0.2, 0.25) is 0 Å². The number of methoxy groups -OCH3 is 2. The summed E-state index contributed by atoms with van der Waals surface area (Å²) in [5.74, 6) is 1.59. The molecule has 5 rings (SSSR count). The van der Waals surface area contributed by atoms with E-state index in [9.17, 15) is 10.2 Å². The molecule has 0 aliphatic carbocycles. The van der Waals surface area contributed by atoms with E-state index in [1.807, 2.05) is 97.1 Å². The Morgan fingerprint density at radius 1 is 0.400 bits per heavy atom. The molecule has 0 saturated carbocycles. The fourth-order valence-corrected chi connectivity index (χ4v) is 4.61. The van der Waals surface area contributed by atoms with Crippen LogP contribution in [0, 0.1) is 0 Å². The Bertz CT molecular complexity index is 1290. The van der Waals surface area contributed by atoms with Crippen LogP contribution in [0.15, 0.2) is 121 Å². The van der Waals surface area contributed by atoms with E-state index < -0.39 is 0 Å². The van der Waals surface area contributed by atoms with Crippen molar-refractivity contribution in [3.8, 4) is 11.5 Å². The van der Waals surface area contributed by atoms with Crippen molar-refractivity contribution in [1.82, 2.24) is 0 Å². The van der Waals surface area contributed by atoms with Crippen LogP contribution in [0.2, 0.25) is 0 Å². The topological polar surface area (TPSA) is 65.4 Å². The van der Waals surface area contributed by atoms with E-state index in [4.69, 9.17) is 9.47 Å². The largest absolute Gasteiger partial charge is 0.497 e. The van der Waals surface area contributed by atoms with Gasteiger partial charge in [0.05, 0.1) is 27.4 Å². The summed E-state index contributed by atoms with van der Waals surface area (Å²) in [6.45, 7) is -0.0144. The summed E-state index contributed by atoms with van der Waals surface area (Å²) in [5, 5.41) is 19.1. The lowest BCUT2D eigenvalue weighted by Crippen LogP contribution is -2.12. The third-order valence-corrected chi connectivity index (χ3v) is 6.78. The van der Waals surface area contributed by atoms with Crippen molar-refractivity contribution in [3.05, 3.63) is 132 Å². The van der Waals surface area contributed by atoms with Gasteiger partial charge in [0.15, 0.2) is 0 Å². The summed E-state index contributed by atoms with van der Waals surface area (Å²) in [4.78, 5) is 4.33. The van der Waals surface area contributed by atoms with Gasteiger partial charge in [0.1, 0.15) is 11.5 Å². The monoisotopic (exact) mass is 532 g/mol. The minimum atomic E-state index is -0.00721. The highest BCUT2D eigenvalue weighted by atomic mass is 16.5. The quantitative estimate of drug-likeness (QED) is 0.193. The summed E-state index contributed by atoms with van der Waals surface area (Å²) >= 11 is 0. The van der Waals surface area contributed by atoms with Crippen LogP contribution in [0.25, 0.3) is 0 Å². The van der Waals surface area contributed by atoms with Gasteiger partial charge in [0.25, 0.3) is 0 Å². The van der Waals surface area contributed by atoms with Crippen LogP contribution < -0.4 is 19.3 Å². The second-order valence-electron chi connectivity index (χ2n) is 9.23. The van der Waals surface area contributed by atoms with Crippen molar-refractivity contribution >= 4 is 34.1 Å². The average Bonchev–Trinajstić information content (AvgIpc) is 3.03. The number of ether oxygens (including phenoxy) is 2. The van der Waals surface area contributed by atoms with E-state index in [0.29, 0.717) is 0 Å². The second kappa shape index (κ2) is 12.4. The number of aliphatic hydroxyl groups excluding tert-OH is 2. The minimum Gasteiger partial charge on any atom is -0.497 e. The van der Waals surface area contributed by atoms with Crippen LogP contribution in [-0.4, -0.2) is 24.4 Å². The molecule has 0 amide bonds. The van der Waals surface area contributed by atoms with Crippen LogP contribution in [0.4, 0.5) is 34.1 Å². The molecule has 6 nitrogen and oxygen atoms in total. The Morgan fingerprint density at radius 2 is 0.625 bits per heavy atom. The van der Waals surface area contributed by atoms with Crippen molar-refractivity contribution in [2.45, 2.75) is 13.2 Å². The molecule has 0 fully saturated rings. The highest BCUT2D eigenvalue weighted by Crippen LogP contribution is 2.39. The molecule has 0 heterocycles. The number of benzene rings is 5. The number of hydrogen-bond donors (Lipinski definition) is 2. The van der Waals surface area contributed by atoms with Gasteiger partial charge in [-0.1, -0.05) is 24.3 Å². The zero-order valence-corrected chi connectivity index (χ0v) is 22.6. The lowest BCUT2D eigenvalue weighted by molar-refractivity contribution is 0.281. The van der Waals surface area contributed by atoms with Gasteiger partial charge < -0.3 is 29.5 Å². The van der Waals surface area contributed by atoms with Crippen LogP contribution in [0.3, 0.4) is 0 Å². The smallest absolute Gasteiger partial charge is 0.119 e. The number of nitrogens with zero attached hydrogens (tertiary/aromatic N) is 2. The molecule has 0 aliphatic heterocycles. The molecule has 0 saturated heterocycles. The van der Waals surface area contributed by atoms with Gasteiger partial charge in [-0.2, -0.15) is 0 Å². The van der Waals surface area contributed by atoms with Crippen molar-refractivity contribution in [3.63, 3.8) is 0 Å². The van der Waals surface area contributed by atoms with Crippen molar-refractivity contribution in [2.24, 2.45) is 0 Å². The van der Waals surface area contributed by atoms with E-state index in [2.05, 4.69) is 34.1 Å². The SMILES string of the molecule is COc1ccc(N(c2ccc(OC)cc2)c2ccc(N(c3ccc(CO)cc3)c3ccc(CO)cc3)cc2)cc1. The van der Waals surface area contributed by atoms with Crippen LogP contribution in [0.1, 0.15) is 11.1 Å². The molecule has 0 radical (unpaired) electrons. The van der Waals surface area contributed by atoms with Gasteiger partial charge >= 0.3 is 0 Å². The molecule has 5 aromatic rings. The molecule has 5 aromatic carbocycles. The zero-order valence-electron chi connectivity index (χ0n) is 22.6.